The van der Waals surface area contributed by atoms with Crippen LogP contribution in [0.5, 0.6) is 5.75 Å². The lowest BCUT2D eigenvalue weighted by atomic mass is 9.41. The maximum atomic E-state index is 12.6. The molecule has 1 aromatic rings. The summed E-state index contributed by atoms with van der Waals surface area (Å²) in [5.74, 6) is 3.19. The first kappa shape index (κ1) is 31.6. The zero-order valence-electron chi connectivity index (χ0n) is 25.9. The van der Waals surface area contributed by atoms with E-state index in [1.807, 2.05) is 4.72 Å². The highest BCUT2D eigenvalue weighted by Gasteiger charge is 2.64. The van der Waals surface area contributed by atoms with Crippen LogP contribution in [-0.2, 0) is 14.8 Å². The largest absolute Gasteiger partial charge is 0.497 e. The smallest absolute Gasteiger partial charge is 0.421 e. The van der Waals surface area contributed by atoms with Crippen molar-refractivity contribution in [3.8, 4) is 5.75 Å². The number of nitrogens with one attached hydrogen (secondary N) is 1. The molecule has 0 spiro atoms. The van der Waals surface area contributed by atoms with E-state index >= 15 is 0 Å². The van der Waals surface area contributed by atoms with Crippen molar-refractivity contribution in [2.24, 2.45) is 52.3 Å². The predicted octanol–water partition coefficient (Wildman–Crippen LogP) is 5.76. The molecule has 0 radical (unpaired) electrons. The van der Waals surface area contributed by atoms with Gasteiger partial charge in [0.05, 0.1) is 30.8 Å². The van der Waals surface area contributed by atoms with Gasteiger partial charge in [-0.2, -0.15) is 0 Å². The number of fused-ring (bicyclic) bond motifs is 5. The molecule has 5 rings (SSSR count). The fourth-order valence-electron chi connectivity index (χ4n) is 10.4. The lowest BCUT2D eigenvalue weighted by molar-refractivity contribution is -0.203. The highest BCUT2D eigenvalue weighted by Crippen LogP contribution is 2.69. The van der Waals surface area contributed by atoms with Crippen LogP contribution >= 0.6 is 0 Å². The molecule has 4 aliphatic rings. The predicted molar refractivity (Wildman–Crippen MR) is 160 cm³/mol. The number of benzene rings is 1. The molecule has 4 saturated carbocycles. The van der Waals surface area contributed by atoms with E-state index < -0.39 is 16.1 Å². The first-order valence-electron chi connectivity index (χ1n) is 16.1. The molecule has 0 unspecified atom stereocenters. The Balaban J connectivity index is 1.20. The fourth-order valence-corrected chi connectivity index (χ4v) is 11.3. The molecule has 42 heavy (non-hydrogen) atoms. The summed E-state index contributed by atoms with van der Waals surface area (Å²) < 4.78 is 37.6. The molecule has 0 bridgehead atoms. The van der Waals surface area contributed by atoms with Crippen LogP contribution in [0.2, 0.25) is 0 Å². The number of aliphatic hydroxyl groups excluding tert-OH is 2. The van der Waals surface area contributed by atoms with Crippen molar-refractivity contribution in [3.63, 3.8) is 0 Å². The SMILES string of the molecule is CC[C@H]1[C@@H](O)[C@@H]2[C@H](CC[C@]3(C)[C@@H]([C@H](C)CCOC(=O)NS(=O)(=O)c4ccc(OC)cc4)CC[C@@H]23)[C@@]2(C)CC[C@@H](O)C[C@@H]12. The molecule has 236 valence electrons. The number of rotatable bonds is 8. The number of amides is 1. The number of carbonyl (C=O) groups excluding carboxylic acids is 1. The first-order chi connectivity index (χ1) is 19.9. The summed E-state index contributed by atoms with van der Waals surface area (Å²) in [5.41, 5.74) is 0.305. The van der Waals surface area contributed by atoms with Crippen LogP contribution < -0.4 is 9.46 Å². The Morgan fingerprint density at radius 3 is 2.36 bits per heavy atom. The molecule has 0 aliphatic heterocycles. The molecule has 0 aromatic heterocycles. The third kappa shape index (κ3) is 5.47. The molecule has 3 N–H and O–H groups in total. The van der Waals surface area contributed by atoms with Gasteiger partial charge in [-0.25, -0.2) is 17.9 Å². The number of methoxy groups -OCH3 is 1. The van der Waals surface area contributed by atoms with Gasteiger partial charge in [0.2, 0.25) is 0 Å². The van der Waals surface area contributed by atoms with Crippen molar-refractivity contribution >= 4 is 16.1 Å². The quantitative estimate of drug-likeness (QED) is 0.344. The van der Waals surface area contributed by atoms with E-state index in [0.29, 0.717) is 47.7 Å². The van der Waals surface area contributed by atoms with E-state index in [1.165, 1.54) is 31.4 Å². The number of hydrogen-bond donors (Lipinski definition) is 3. The number of hydrogen-bond acceptors (Lipinski definition) is 7. The Labute approximate surface area is 252 Å². The summed E-state index contributed by atoms with van der Waals surface area (Å²) in [4.78, 5) is 12.4. The average molecular weight is 606 g/mol. The number of carbonyl (C=O) groups is 1. The van der Waals surface area contributed by atoms with E-state index in [-0.39, 0.29) is 40.5 Å². The Morgan fingerprint density at radius 1 is 1.02 bits per heavy atom. The minimum atomic E-state index is -4.03. The summed E-state index contributed by atoms with van der Waals surface area (Å²) in [6, 6.07) is 5.81. The first-order valence-corrected chi connectivity index (χ1v) is 17.5. The van der Waals surface area contributed by atoms with Crippen LogP contribution in [0.4, 0.5) is 4.79 Å². The molecule has 4 fully saturated rings. The van der Waals surface area contributed by atoms with Crippen molar-refractivity contribution in [1.82, 2.24) is 4.72 Å². The maximum absolute atomic E-state index is 12.6. The Kier molecular flexibility index (Phi) is 8.96. The van der Waals surface area contributed by atoms with E-state index in [9.17, 15) is 23.4 Å². The van der Waals surface area contributed by atoms with E-state index in [0.717, 1.165) is 51.4 Å². The molecule has 4 aliphatic carbocycles. The van der Waals surface area contributed by atoms with Crippen molar-refractivity contribution in [1.29, 1.82) is 0 Å². The van der Waals surface area contributed by atoms with Crippen molar-refractivity contribution in [3.05, 3.63) is 24.3 Å². The highest BCUT2D eigenvalue weighted by atomic mass is 32.2. The summed E-state index contributed by atoms with van der Waals surface area (Å²) in [7, 11) is -2.54. The van der Waals surface area contributed by atoms with Gasteiger partial charge in [0, 0.05) is 0 Å². The molecule has 8 nitrogen and oxygen atoms in total. The second kappa shape index (κ2) is 11.9. The molecular weight excluding hydrogens is 554 g/mol. The van der Waals surface area contributed by atoms with Gasteiger partial charge in [0.1, 0.15) is 5.75 Å². The molecular formula is C33H51NO7S. The molecule has 9 heteroatoms. The Bertz CT molecular complexity index is 1220. The molecule has 1 amide bonds. The Morgan fingerprint density at radius 2 is 1.69 bits per heavy atom. The van der Waals surface area contributed by atoms with Crippen LogP contribution in [0.1, 0.15) is 85.5 Å². The molecule has 0 heterocycles. The van der Waals surface area contributed by atoms with Gasteiger partial charge in [-0.3, -0.25) is 0 Å². The number of ether oxygens (including phenoxy) is 2. The normalized spacial score (nSPS) is 40.3. The fraction of sp³-hybridized carbons (Fsp3) is 0.788. The third-order valence-corrected chi connectivity index (χ3v) is 13.9. The van der Waals surface area contributed by atoms with E-state index in [1.54, 1.807) is 0 Å². The lowest BCUT2D eigenvalue weighted by Gasteiger charge is -2.64. The van der Waals surface area contributed by atoms with Crippen molar-refractivity contribution < 1.29 is 32.9 Å². The van der Waals surface area contributed by atoms with Crippen LogP contribution in [-0.4, -0.2) is 50.6 Å². The summed E-state index contributed by atoms with van der Waals surface area (Å²) in [6.07, 6.45) is 7.33. The van der Waals surface area contributed by atoms with Gasteiger partial charge in [0.25, 0.3) is 10.0 Å². The topological polar surface area (TPSA) is 122 Å². The van der Waals surface area contributed by atoms with Crippen LogP contribution in [0.15, 0.2) is 29.2 Å². The highest BCUT2D eigenvalue weighted by molar-refractivity contribution is 7.90. The van der Waals surface area contributed by atoms with Gasteiger partial charge in [-0.15, -0.1) is 0 Å². The van der Waals surface area contributed by atoms with Crippen LogP contribution in [0, 0.1) is 52.3 Å². The van der Waals surface area contributed by atoms with Crippen LogP contribution in [0.25, 0.3) is 0 Å². The summed E-state index contributed by atoms with van der Waals surface area (Å²) in [5, 5.41) is 22.4. The van der Waals surface area contributed by atoms with Gasteiger partial charge in [-0.1, -0.05) is 34.1 Å². The van der Waals surface area contributed by atoms with E-state index in [4.69, 9.17) is 9.47 Å². The maximum Gasteiger partial charge on any atom is 0.421 e. The zero-order chi connectivity index (χ0) is 30.4. The van der Waals surface area contributed by atoms with Gasteiger partial charge >= 0.3 is 6.09 Å². The van der Waals surface area contributed by atoms with Gasteiger partial charge in [0.15, 0.2) is 0 Å². The second-order valence-corrected chi connectivity index (χ2v) is 16.0. The van der Waals surface area contributed by atoms with Crippen molar-refractivity contribution in [2.75, 3.05) is 13.7 Å². The van der Waals surface area contributed by atoms with Crippen LogP contribution in [0.3, 0.4) is 0 Å². The van der Waals surface area contributed by atoms with Gasteiger partial charge in [-0.05, 0) is 128 Å². The minimum Gasteiger partial charge on any atom is -0.497 e. The summed E-state index contributed by atoms with van der Waals surface area (Å²) >= 11 is 0. The van der Waals surface area contributed by atoms with E-state index in [2.05, 4.69) is 27.7 Å². The second-order valence-electron chi connectivity index (χ2n) is 14.3. The average Bonchev–Trinajstić information content (AvgIpc) is 3.31. The summed E-state index contributed by atoms with van der Waals surface area (Å²) in [6.45, 7) is 9.48. The number of aliphatic hydroxyl groups is 2. The Hall–Kier alpha value is -1.84. The monoisotopic (exact) mass is 605 g/mol. The molecule has 0 saturated heterocycles. The molecule has 1 aromatic carbocycles. The van der Waals surface area contributed by atoms with Crippen molar-refractivity contribution in [2.45, 2.75) is 103 Å². The zero-order valence-corrected chi connectivity index (χ0v) is 26.7. The standard InChI is InChI=1S/C33H51NO7S/c1-6-24-28-19-21(35)13-16-33(28,4)27-14-17-32(3)25(11-12-26(32)29(27)30(24)36)20(2)15-18-41-31(37)34-42(38,39)23-9-7-22(40-5)8-10-23/h7-10,20-21,24-30,35-36H,6,11-19H2,1-5H3,(H,34,37)/t20-,21-,24-,25-,26+,27+,28+,29+,30-,32-,33-/m1/s1. The lowest BCUT2D eigenvalue weighted by Crippen LogP contribution is -2.62. The molecule has 11 atom stereocenters. The third-order valence-electron chi connectivity index (χ3n) is 12.5. The van der Waals surface area contributed by atoms with Gasteiger partial charge < -0.3 is 19.7 Å². The number of sulfonamides is 1. The minimum absolute atomic E-state index is 0.0334.